The van der Waals surface area contributed by atoms with Crippen molar-refractivity contribution >= 4 is 23.5 Å². The van der Waals surface area contributed by atoms with Gasteiger partial charge in [0.05, 0.1) is 0 Å². The number of rotatable bonds is 8. The van der Waals surface area contributed by atoms with E-state index in [-0.39, 0.29) is 21.7 Å². The number of phenolic OH excluding ortho intramolecular Hbond substituents is 1. The molecule has 0 fully saturated rings. The largest absolute Gasteiger partial charge is 0.507 e. The minimum atomic E-state index is -0.0727. The molecule has 2 aromatic carbocycles. The lowest BCUT2D eigenvalue weighted by atomic mass is 9.77. The number of hydrogen-bond donors (Lipinski definition) is 1. The molecule has 0 atom stereocenters. The van der Waals surface area contributed by atoms with Gasteiger partial charge in [-0.15, -0.1) is 0 Å². The Kier molecular flexibility index (Phi) is 10.4. The van der Waals surface area contributed by atoms with Crippen LogP contribution in [0.25, 0.3) is 0 Å². The predicted molar refractivity (Wildman–Crippen MR) is 171 cm³/mol. The molecule has 2 aromatic rings. The van der Waals surface area contributed by atoms with Gasteiger partial charge in [-0.3, -0.25) is 0 Å². The Morgan fingerprint density at radius 1 is 0.568 bits per heavy atom. The summed E-state index contributed by atoms with van der Waals surface area (Å²) in [5, 5.41) is 11.0. The Labute approximate surface area is 238 Å². The maximum atomic E-state index is 11.0. The highest BCUT2D eigenvalue weighted by Crippen LogP contribution is 2.39. The van der Waals surface area contributed by atoms with Gasteiger partial charge in [0.25, 0.3) is 0 Å². The van der Waals surface area contributed by atoms with Crippen molar-refractivity contribution in [3.05, 3.63) is 63.2 Å². The van der Waals surface area contributed by atoms with Crippen LogP contribution in [0, 0.1) is 6.92 Å². The highest BCUT2D eigenvalue weighted by atomic mass is 32.2. The van der Waals surface area contributed by atoms with E-state index in [2.05, 4.69) is 126 Å². The highest BCUT2D eigenvalue weighted by Gasteiger charge is 2.25. The van der Waals surface area contributed by atoms with E-state index >= 15 is 0 Å². The molecule has 0 amide bonds. The lowest BCUT2D eigenvalue weighted by Crippen LogP contribution is -2.19. The Bertz CT molecular complexity index is 968. The molecule has 1 N–H and O–H groups in total. The number of phenols is 1. The van der Waals surface area contributed by atoms with Crippen molar-refractivity contribution in [2.75, 3.05) is 11.5 Å². The van der Waals surface area contributed by atoms with Crippen molar-refractivity contribution < 1.29 is 5.11 Å². The van der Waals surface area contributed by atoms with E-state index < -0.39 is 0 Å². The maximum absolute atomic E-state index is 11.0. The van der Waals surface area contributed by atoms with Gasteiger partial charge in [-0.2, -0.15) is 23.5 Å². The van der Waals surface area contributed by atoms with Gasteiger partial charge in [-0.1, -0.05) is 107 Å². The van der Waals surface area contributed by atoms with Gasteiger partial charge in [0, 0.05) is 17.1 Å². The van der Waals surface area contributed by atoms with Gasteiger partial charge >= 0.3 is 0 Å². The Hall–Kier alpha value is -1.06. The van der Waals surface area contributed by atoms with Crippen LogP contribution in [-0.4, -0.2) is 16.6 Å². The molecule has 2 rings (SSSR count). The Balaban J connectivity index is 2.00. The third kappa shape index (κ3) is 8.99. The van der Waals surface area contributed by atoms with Crippen LogP contribution >= 0.6 is 23.5 Å². The van der Waals surface area contributed by atoms with Gasteiger partial charge in [0.1, 0.15) is 5.75 Å². The van der Waals surface area contributed by atoms with Crippen LogP contribution in [0.2, 0.25) is 0 Å². The van der Waals surface area contributed by atoms with Crippen molar-refractivity contribution in [3.8, 4) is 5.75 Å². The number of aromatic hydroxyl groups is 1. The summed E-state index contributed by atoms with van der Waals surface area (Å²) in [7, 11) is 0. The molecule has 0 radical (unpaired) electrons. The Morgan fingerprint density at radius 2 is 0.973 bits per heavy atom. The SMILES string of the molecule is Cc1c(CSCCCSCc2cc(C(C)(C)C)cc(C(C)(C)C)c2O)cc(C(C)(C)C)cc1C(C)(C)C. The molecule has 0 saturated heterocycles. The average molecular weight is 543 g/mol. The minimum Gasteiger partial charge on any atom is -0.507 e. The first-order valence-corrected chi connectivity index (χ1v) is 16.2. The van der Waals surface area contributed by atoms with E-state index in [4.69, 9.17) is 0 Å². The summed E-state index contributed by atoms with van der Waals surface area (Å²) < 4.78 is 0. The van der Waals surface area contributed by atoms with Crippen LogP contribution in [-0.2, 0) is 33.2 Å². The monoisotopic (exact) mass is 542 g/mol. The molecule has 208 valence electrons. The van der Waals surface area contributed by atoms with Crippen molar-refractivity contribution in [2.45, 2.75) is 130 Å². The molecular weight excluding hydrogens is 489 g/mol. The first-order valence-electron chi connectivity index (χ1n) is 13.9. The van der Waals surface area contributed by atoms with Gasteiger partial charge in [0.2, 0.25) is 0 Å². The molecule has 37 heavy (non-hydrogen) atoms. The van der Waals surface area contributed by atoms with E-state index in [1.54, 1.807) is 0 Å². The summed E-state index contributed by atoms with van der Waals surface area (Å²) in [6, 6.07) is 9.32. The normalized spacial score (nSPS) is 13.3. The summed E-state index contributed by atoms with van der Waals surface area (Å²) in [5.74, 6) is 4.72. The number of benzene rings is 2. The molecule has 0 bridgehead atoms. The fraction of sp³-hybridized carbons (Fsp3) is 0.647. The summed E-state index contributed by atoms with van der Waals surface area (Å²) in [4.78, 5) is 0. The first kappa shape index (κ1) is 32.2. The molecule has 1 nitrogen and oxygen atoms in total. The van der Waals surface area contributed by atoms with Gasteiger partial charge in [-0.05, 0) is 79.9 Å². The molecule has 3 heteroatoms. The standard InChI is InChI=1S/C34H54OS2/c1-23-24(17-26(31(2,3)4)19-28(23)33(8,9)10)21-36-15-14-16-37-22-25-18-27(32(5,6)7)20-29(30(25)35)34(11,12)13/h17-20,35H,14-16,21-22H2,1-13H3. The first-order chi connectivity index (χ1) is 16.7. The minimum absolute atomic E-state index is 0.0685. The molecule has 0 saturated carbocycles. The van der Waals surface area contributed by atoms with Gasteiger partial charge in [0.15, 0.2) is 0 Å². The van der Waals surface area contributed by atoms with E-state index in [0.717, 1.165) is 34.1 Å². The Morgan fingerprint density at radius 3 is 1.41 bits per heavy atom. The average Bonchev–Trinajstić information content (AvgIpc) is 2.71. The van der Waals surface area contributed by atoms with E-state index in [0.29, 0.717) is 5.75 Å². The lowest BCUT2D eigenvalue weighted by molar-refractivity contribution is 0.440. The predicted octanol–water partition coefficient (Wildman–Crippen LogP) is 10.4. The fourth-order valence-corrected chi connectivity index (χ4v) is 6.70. The maximum Gasteiger partial charge on any atom is 0.123 e. The lowest BCUT2D eigenvalue weighted by Gasteiger charge is -2.28. The van der Waals surface area contributed by atoms with E-state index in [1.807, 2.05) is 11.8 Å². The number of hydrogen-bond acceptors (Lipinski definition) is 3. The van der Waals surface area contributed by atoms with Gasteiger partial charge in [-0.25, -0.2) is 0 Å². The third-order valence-corrected chi connectivity index (χ3v) is 9.33. The van der Waals surface area contributed by atoms with Crippen molar-refractivity contribution in [1.82, 2.24) is 0 Å². The van der Waals surface area contributed by atoms with Crippen LogP contribution in [0.15, 0.2) is 24.3 Å². The molecule has 0 aliphatic rings. The molecular formula is C34H54OS2. The second kappa shape index (κ2) is 12.0. The zero-order chi connectivity index (χ0) is 28.4. The second-order valence-corrected chi connectivity index (χ2v) is 17.0. The van der Waals surface area contributed by atoms with Gasteiger partial charge < -0.3 is 5.11 Å². The van der Waals surface area contributed by atoms with Crippen LogP contribution in [0.1, 0.15) is 128 Å². The van der Waals surface area contributed by atoms with E-state index in [1.165, 1.54) is 34.2 Å². The van der Waals surface area contributed by atoms with Crippen LogP contribution in [0.4, 0.5) is 0 Å². The van der Waals surface area contributed by atoms with Crippen LogP contribution in [0.5, 0.6) is 5.75 Å². The highest BCUT2D eigenvalue weighted by molar-refractivity contribution is 7.99. The summed E-state index contributed by atoms with van der Waals surface area (Å²) in [5.41, 5.74) is 9.66. The van der Waals surface area contributed by atoms with Crippen molar-refractivity contribution in [3.63, 3.8) is 0 Å². The molecule has 0 aliphatic carbocycles. The van der Waals surface area contributed by atoms with Crippen molar-refractivity contribution in [2.24, 2.45) is 0 Å². The third-order valence-electron chi connectivity index (χ3n) is 7.14. The van der Waals surface area contributed by atoms with E-state index in [9.17, 15) is 5.11 Å². The zero-order valence-electron chi connectivity index (χ0n) is 26.1. The molecule has 0 spiro atoms. The fourth-order valence-electron chi connectivity index (χ4n) is 4.57. The van der Waals surface area contributed by atoms with Crippen LogP contribution < -0.4 is 0 Å². The molecule has 0 heterocycles. The smallest absolute Gasteiger partial charge is 0.123 e. The molecule has 0 aliphatic heterocycles. The van der Waals surface area contributed by atoms with Crippen molar-refractivity contribution in [1.29, 1.82) is 0 Å². The molecule has 0 unspecified atom stereocenters. The summed E-state index contributed by atoms with van der Waals surface area (Å²) >= 11 is 4.00. The zero-order valence-corrected chi connectivity index (χ0v) is 27.7. The summed E-state index contributed by atoms with van der Waals surface area (Å²) in [6.07, 6.45) is 1.19. The molecule has 0 aromatic heterocycles. The van der Waals surface area contributed by atoms with Crippen LogP contribution in [0.3, 0.4) is 0 Å². The second-order valence-electron chi connectivity index (χ2n) is 14.8. The number of thioether (sulfide) groups is 2. The quantitative estimate of drug-likeness (QED) is 0.335. The summed E-state index contributed by atoms with van der Waals surface area (Å²) in [6.45, 7) is 29.6. The topological polar surface area (TPSA) is 20.2 Å².